The van der Waals surface area contributed by atoms with Crippen LogP contribution in [0, 0.1) is 0 Å². The van der Waals surface area contributed by atoms with Crippen molar-refractivity contribution in [3.05, 3.63) is 35.9 Å². The Hall–Kier alpha value is -0.960. The van der Waals surface area contributed by atoms with Gasteiger partial charge in [-0.25, -0.2) is 0 Å². The molecule has 0 N–H and O–H groups in total. The fourth-order valence-corrected chi connectivity index (χ4v) is 2.93. The van der Waals surface area contributed by atoms with Gasteiger partial charge >= 0.3 is 0 Å². The van der Waals surface area contributed by atoms with Crippen molar-refractivity contribution in [3.63, 3.8) is 0 Å². The first-order valence-corrected chi connectivity index (χ1v) is 7.60. The molecule has 1 rings (SSSR count). The van der Waals surface area contributed by atoms with Gasteiger partial charge in [0.15, 0.2) is 0 Å². The summed E-state index contributed by atoms with van der Waals surface area (Å²) in [7, 11) is 0. The Morgan fingerprint density at radius 1 is 1.11 bits per heavy atom. The van der Waals surface area contributed by atoms with Crippen molar-refractivity contribution in [2.45, 2.75) is 45.5 Å². The van der Waals surface area contributed by atoms with Gasteiger partial charge in [-0.05, 0) is 33.3 Å². The van der Waals surface area contributed by atoms with E-state index in [2.05, 4.69) is 39.8 Å². The van der Waals surface area contributed by atoms with Crippen molar-refractivity contribution < 1.29 is 4.79 Å². The monoisotopic (exact) mass is 265 g/mol. The quantitative estimate of drug-likeness (QED) is 0.784. The molecule has 0 heterocycles. The maximum atomic E-state index is 12.1. The topological polar surface area (TPSA) is 20.3 Å². The lowest BCUT2D eigenvalue weighted by atomic mass is 10.2. The van der Waals surface area contributed by atoms with Crippen molar-refractivity contribution in [1.82, 2.24) is 4.90 Å². The summed E-state index contributed by atoms with van der Waals surface area (Å²) in [5.74, 6) is 1.70. The molecule has 3 heteroatoms. The molecule has 100 valence electrons. The van der Waals surface area contributed by atoms with Crippen LogP contribution in [0.4, 0.5) is 0 Å². The van der Waals surface area contributed by atoms with Gasteiger partial charge in [0.05, 0.1) is 5.75 Å². The maximum absolute atomic E-state index is 12.1. The highest BCUT2D eigenvalue weighted by molar-refractivity contribution is 7.99. The third kappa shape index (κ3) is 4.73. The van der Waals surface area contributed by atoms with Gasteiger partial charge in [0, 0.05) is 17.8 Å². The number of amides is 1. The normalized spacial score (nSPS) is 11.0. The first kappa shape index (κ1) is 15.1. The van der Waals surface area contributed by atoms with Gasteiger partial charge in [-0.3, -0.25) is 4.79 Å². The molecule has 0 saturated heterocycles. The molecule has 0 bridgehead atoms. The minimum Gasteiger partial charge on any atom is -0.337 e. The van der Waals surface area contributed by atoms with Crippen LogP contribution in [0.3, 0.4) is 0 Å². The Bertz CT molecular complexity index is 354. The van der Waals surface area contributed by atoms with E-state index in [0.29, 0.717) is 5.75 Å². The van der Waals surface area contributed by atoms with E-state index in [9.17, 15) is 4.79 Å². The minimum absolute atomic E-state index is 0.237. The molecule has 2 nitrogen and oxygen atoms in total. The van der Waals surface area contributed by atoms with E-state index in [1.807, 2.05) is 23.1 Å². The lowest BCUT2D eigenvalue weighted by molar-refractivity contribution is -0.131. The van der Waals surface area contributed by atoms with Gasteiger partial charge in [-0.15, -0.1) is 11.8 Å². The van der Waals surface area contributed by atoms with E-state index in [1.165, 1.54) is 5.56 Å². The zero-order valence-corrected chi connectivity index (χ0v) is 12.5. The molecule has 0 aliphatic heterocycles. The molecule has 0 saturated carbocycles. The summed E-state index contributed by atoms with van der Waals surface area (Å²) in [5, 5.41) is 0. The van der Waals surface area contributed by atoms with E-state index < -0.39 is 0 Å². The van der Waals surface area contributed by atoms with Crippen molar-refractivity contribution in [1.29, 1.82) is 0 Å². The Balaban J connectivity index is 2.41. The van der Waals surface area contributed by atoms with Crippen LogP contribution in [-0.2, 0) is 10.5 Å². The molecular weight excluding hydrogens is 242 g/mol. The predicted molar refractivity (Wildman–Crippen MR) is 79.7 cm³/mol. The summed E-state index contributed by atoms with van der Waals surface area (Å²) in [6.45, 7) is 8.28. The molecule has 0 aliphatic rings. The van der Waals surface area contributed by atoms with Gasteiger partial charge in [-0.2, -0.15) is 0 Å². The molecule has 1 aromatic carbocycles. The average molecular weight is 265 g/mol. The lowest BCUT2D eigenvalue weighted by Crippen LogP contribution is -2.43. The smallest absolute Gasteiger partial charge is 0.233 e. The van der Waals surface area contributed by atoms with Crippen LogP contribution in [0.25, 0.3) is 0 Å². The zero-order valence-electron chi connectivity index (χ0n) is 11.7. The van der Waals surface area contributed by atoms with Crippen LogP contribution in [-0.4, -0.2) is 28.6 Å². The molecule has 0 aliphatic carbocycles. The molecule has 1 amide bonds. The van der Waals surface area contributed by atoms with Crippen LogP contribution in [0.2, 0.25) is 0 Å². The number of rotatable bonds is 6. The van der Waals surface area contributed by atoms with Crippen molar-refractivity contribution in [2.75, 3.05) is 5.75 Å². The van der Waals surface area contributed by atoms with Gasteiger partial charge < -0.3 is 4.90 Å². The van der Waals surface area contributed by atoms with Crippen molar-refractivity contribution >= 4 is 17.7 Å². The molecule has 0 radical (unpaired) electrons. The van der Waals surface area contributed by atoms with Gasteiger partial charge in [-0.1, -0.05) is 30.3 Å². The van der Waals surface area contributed by atoms with Crippen molar-refractivity contribution in [2.24, 2.45) is 0 Å². The van der Waals surface area contributed by atoms with E-state index in [0.717, 1.165) is 5.75 Å². The number of hydrogen-bond donors (Lipinski definition) is 0. The fraction of sp³-hybridized carbons (Fsp3) is 0.533. The van der Waals surface area contributed by atoms with E-state index >= 15 is 0 Å². The summed E-state index contributed by atoms with van der Waals surface area (Å²) in [4.78, 5) is 14.1. The molecule has 1 aromatic rings. The summed E-state index contributed by atoms with van der Waals surface area (Å²) >= 11 is 1.69. The SMILES string of the molecule is CC(C)N(C(=O)CSCc1ccccc1)C(C)C. The van der Waals surface area contributed by atoms with E-state index in [4.69, 9.17) is 0 Å². The molecule has 0 spiro atoms. The number of carbonyl (C=O) groups excluding carboxylic acids is 1. The number of nitrogens with zero attached hydrogens (tertiary/aromatic N) is 1. The van der Waals surface area contributed by atoms with Crippen molar-refractivity contribution in [3.8, 4) is 0 Å². The first-order valence-electron chi connectivity index (χ1n) is 6.45. The molecule has 0 atom stereocenters. The van der Waals surface area contributed by atoms with Crippen LogP contribution < -0.4 is 0 Å². The van der Waals surface area contributed by atoms with Gasteiger partial charge in [0.2, 0.25) is 5.91 Å². The number of benzene rings is 1. The first-order chi connectivity index (χ1) is 8.52. The minimum atomic E-state index is 0.237. The number of thioether (sulfide) groups is 1. The second-order valence-corrected chi connectivity index (χ2v) is 5.95. The Labute approximate surface area is 115 Å². The van der Waals surface area contributed by atoms with E-state index in [-0.39, 0.29) is 18.0 Å². The largest absolute Gasteiger partial charge is 0.337 e. The van der Waals surface area contributed by atoms with Crippen LogP contribution in [0.5, 0.6) is 0 Å². The summed E-state index contributed by atoms with van der Waals surface area (Å²) in [6.07, 6.45) is 0. The summed E-state index contributed by atoms with van der Waals surface area (Å²) in [6, 6.07) is 10.8. The Morgan fingerprint density at radius 2 is 1.67 bits per heavy atom. The molecule has 0 fully saturated rings. The Kier molecular flexibility index (Phi) is 6.27. The van der Waals surface area contributed by atoms with Gasteiger partial charge in [0.25, 0.3) is 0 Å². The third-order valence-electron chi connectivity index (χ3n) is 2.74. The number of hydrogen-bond acceptors (Lipinski definition) is 2. The second-order valence-electron chi connectivity index (χ2n) is 4.97. The van der Waals surface area contributed by atoms with Gasteiger partial charge in [0.1, 0.15) is 0 Å². The highest BCUT2D eigenvalue weighted by Gasteiger charge is 2.19. The molecule has 18 heavy (non-hydrogen) atoms. The standard InChI is InChI=1S/C15H23NOS/c1-12(2)16(13(3)4)15(17)11-18-10-14-8-6-5-7-9-14/h5-9,12-13H,10-11H2,1-4H3. The fourth-order valence-electron chi connectivity index (χ4n) is 2.08. The Morgan fingerprint density at radius 3 is 2.17 bits per heavy atom. The highest BCUT2D eigenvalue weighted by atomic mass is 32.2. The molecular formula is C15H23NOS. The van der Waals surface area contributed by atoms with E-state index in [1.54, 1.807) is 11.8 Å². The predicted octanol–water partition coefficient (Wildman–Crippen LogP) is 3.57. The average Bonchev–Trinajstić information content (AvgIpc) is 2.29. The summed E-state index contributed by atoms with van der Waals surface area (Å²) < 4.78 is 0. The molecule has 0 unspecified atom stereocenters. The second kappa shape index (κ2) is 7.47. The van der Waals surface area contributed by atoms with Crippen LogP contribution in [0.15, 0.2) is 30.3 Å². The molecule has 0 aromatic heterocycles. The summed E-state index contributed by atoms with van der Waals surface area (Å²) in [5.41, 5.74) is 1.27. The number of carbonyl (C=O) groups is 1. The third-order valence-corrected chi connectivity index (χ3v) is 3.73. The lowest BCUT2D eigenvalue weighted by Gasteiger charge is -2.30. The maximum Gasteiger partial charge on any atom is 0.233 e. The van der Waals surface area contributed by atoms with Crippen LogP contribution in [0.1, 0.15) is 33.3 Å². The zero-order chi connectivity index (χ0) is 13.5. The highest BCUT2D eigenvalue weighted by Crippen LogP contribution is 2.14. The van der Waals surface area contributed by atoms with Crippen LogP contribution >= 0.6 is 11.8 Å².